The van der Waals surface area contributed by atoms with Gasteiger partial charge in [-0.25, -0.2) is 0 Å². The summed E-state index contributed by atoms with van der Waals surface area (Å²) in [7, 11) is 0. The molecule has 0 radical (unpaired) electrons. The Labute approximate surface area is 108 Å². The van der Waals surface area contributed by atoms with Crippen molar-refractivity contribution in [1.82, 2.24) is 5.32 Å². The lowest BCUT2D eigenvalue weighted by Gasteiger charge is -2.35. The number of rotatable bonds is 3. The summed E-state index contributed by atoms with van der Waals surface area (Å²) in [5.41, 5.74) is 0.607. The molecule has 2 fully saturated rings. The molecule has 0 aromatic rings. The molecule has 0 amide bonds. The van der Waals surface area contributed by atoms with Gasteiger partial charge in [0.05, 0.1) is 0 Å². The van der Waals surface area contributed by atoms with Gasteiger partial charge in [-0.3, -0.25) is 0 Å². The van der Waals surface area contributed by atoms with Crippen LogP contribution >= 0.6 is 0 Å². The third-order valence-corrected chi connectivity index (χ3v) is 5.14. The van der Waals surface area contributed by atoms with E-state index in [9.17, 15) is 0 Å². The molecule has 2 aliphatic rings. The molecule has 0 aliphatic heterocycles. The zero-order chi connectivity index (χ0) is 12.1. The van der Waals surface area contributed by atoms with Crippen molar-refractivity contribution < 1.29 is 0 Å². The van der Waals surface area contributed by atoms with E-state index in [1.54, 1.807) is 0 Å². The molecule has 2 saturated carbocycles. The lowest BCUT2D eigenvalue weighted by atomic mass is 9.75. The van der Waals surface area contributed by atoms with E-state index < -0.39 is 0 Å². The molecular weight excluding hydrogens is 206 g/mol. The Kier molecular flexibility index (Phi) is 4.90. The minimum atomic E-state index is 0.607. The van der Waals surface area contributed by atoms with E-state index in [2.05, 4.69) is 19.2 Å². The fraction of sp³-hybridized carbons (Fsp3) is 1.00. The van der Waals surface area contributed by atoms with Gasteiger partial charge >= 0.3 is 0 Å². The fourth-order valence-electron chi connectivity index (χ4n) is 3.66. The molecule has 2 aliphatic carbocycles. The van der Waals surface area contributed by atoms with Crippen LogP contribution < -0.4 is 5.32 Å². The van der Waals surface area contributed by atoms with Crippen molar-refractivity contribution in [2.45, 2.75) is 84.1 Å². The van der Waals surface area contributed by atoms with Crippen molar-refractivity contribution in [3.05, 3.63) is 0 Å². The maximum absolute atomic E-state index is 3.89. The van der Waals surface area contributed by atoms with E-state index in [1.807, 2.05) is 0 Å². The summed E-state index contributed by atoms with van der Waals surface area (Å²) < 4.78 is 0. The van der Waals surface area contributed by atoms with Gasteiger partial charge in [0.25, 0.3) is 0 Å². The van der Waals surface area contributed by atoms with Crippen molar-refractivity contribution in [2.24, 2.45) is 11.3 Å². The van der Waals surface area contributed by atoms with Gasteiger partial charge in [0.15, 0.2) is 0 Å². The largest absolute Gasteiger partial charge is 0.313 e. The minimum absolute atomic E-state index is 0.607. The Bertz CT molecular complexity index is 218. The smallest absolute Gasteiger partial charge is 0.00673 e. The van der Waals surface area contributed by atoms with E-state index >= 15 is 0 Å². The number of hydrogen-bond donors (Lipinski definition) is 1. The summed E-state index contributed by atoms with van der Waals surface area (Å²) in [6, 6.07) is 0.818. The summed E-state index contributed by atoms with van der Waals surface area (Å²) in [6.07, 6.45) is 14.4. The average Bonchev–Trinajstić information content (AvgIpc) is 2.53. The number of hydrogen-bond acceptors (Lipinski definition) is 1. The topological polar surface area (TPSA) is 12.0 Å². The molecule has 17 heavy (non-hydrogen) atoms. The SMILES string of the molecule is CC1CCCC(NCC2(C)CCCCC2)CC1. The molecule has 2 unspecified atom stereocenters. The molecule has 2 atom stereocenters. The highest BCUT2D eigenvalue weighted by molar-refractivity contribution is 4.83. The lowest BCUT2D eigenvalue weighted by molar-refractivity contribution is 0.197. The first-order chi connectivity index (χ1) is 8.18. The average molecular weight is 237 g/mol. The molecule has 0 aromatic carbocycles. The van der Waals surface area contributed by atoms with Crippen molar-refractivity contribution in [3.8, 4) is 0 Å². The van der Waals surface area contributed by atoms with Crippen molar-refractivity contribution in [3.63, 3.8) is 0 Å². The van der Waals surface area contributed by atoms with Gasteiger partial charge in [0, 0.05) is 12.6 Å². The molecule has 1 nitrogen and oxygen atoms in total. The van der Waals surface area contributed by atoms with Crippen LogP contribution in [-0.4, -0.2) is 12.6 Å². The van der Waals surface area contributed by atoms with Gasteiger partial charge in [-0.2, -0.15) is 0 Å². The lowest BCUT2D eigenvalue weighted by Crippen LogP contribution is -2.39. The van der Waals surface area contributed by atoms with Gasteiger partial charge in [0.1, 0.15) is 0 Å². The molecule has 0 spiro atoms. The Balaban J connectivity index is 1.73. The van der Waals surface area contributed by atoms with E-state index in [-0.39, 0.29) is 0 Å². The number of nitrogens with one attached hydrogen (secondary N) is 1. The predicted octanol–water partition coefficient (Wildman–Crippen LogP) is 4.52. The van der Waals surface area contributed by atoms with Crippen molar-refractivity contribution in [2.75, 3.05) is 6.54 Å². The third kappa shape index (κ3) is 4.28. The maximum Gasteiger partial charge on any atom is 0.00673 e. The summed E-state index contributed by atoms with van der Waals surface area (Å²) in [4.78, 5) is 0. The Morgan fingerprint density at radius 1 is 0.941 bits per heavy atom. The Morgan fingerprint density at radius 2 is 1.71 bits per heavy atom. The molecule has 0 bridgehead atoms. The maximum atomic E-state index is 3.89. The van der Waals surface area contributed by atoms with Crippen molar-refractivity contribution >= 4 is 0 Å². The summed E-state index contributed by atoms with van der Waals surface area (Å²) in [6.45, 7) is 6.19. The van der Waals surface area contributed by atoms with Gasteiger partial charge < -0.3 is 5.32 Å². The predicted molar refractivity (Wildman–Crippen MR) is 75.2 cm³/mol. The first-order valence-corrected chi connectivity index (χ1v) is 7.91. The van der Waals surface area contributed by atoms with Crippen LogP contribution in [0.5, 0.6) is 0 Å². The highest BCUT2D eigenvalue weighted by Crippen LogP contribution is 2.35. The van der Waals surface area contributed by atoms with Crippen molar-refractivity contribution in [1.29, 1.82) is 0 Å². The molecule has 1 heteroatoms. The quantitative estimate of drug-likeness (QED) is 0.712. The van der Waals surface area contributed by atoms with Crippen LogP contribution in [0.1, 0.15) is 78.1 Å². The summed E-state index contributed by atoms with van der Waals surface area (Å²) >= 11 is 0. The summed E-state index contributed by atoms with van der Waals surface area (Å²) in [5, 5.41) is 3.89. The monoisotopic (exact) mass is 237 g/mol. The molecular formula is C16H31N. The van der Waals surface area contributed by atoms with Crippen LogP contribution in [0, 0.1) is 11.3 Å². The Hall–Kier alpha value is -0.0400. The molecule has 1 N–H and O–H groups in total. The van der Waals surface area contributed by atoms with Crippen LogP contribution in [0.4, 0.5) is 0 Å². The highest BCUT2D eigenvalue weighted by atomic mass is 14.9. The van der Waals surface area contributed by atoms with Crippen LogP contribution in [-0.2, 0) is 0 Å². The zero-order valence-electron chi connectivity index (χ0n) is 11.9. The van der Waals surface area contributed by atoms with E-state index in [1.165, 1.54) is 70.8 Å². The van der Waals surface area contributed by atoms with Gasteiger partial charge in [-0.15, -0.1) is 0 Å². The fourth-order valence-corrected chi connectivity index (χ4v) is 3.66. The zero-order valence-corrected chi connectivity index (χ0v) is 11.9. The van der Waals surface area contributed by atoms with Crippen LogP contribution in [0.15, 0.2) is 0 Å². The normalized spacial score (nSPS) is 34.2. The van der Waals surface area contributed by atoms with Gasteiger partial charge in [-0.05, 0) is 43.4 Å². The molecule has 100 valence electrons. The van der Waals surface area contributed by atoms with Crippen LogP contribution in [0.2, 0.25) is 0 Å². The first-order valence-electron chi connectivity index (χ1n) is 7.91. The second-order valence-corrected chi connectivity index (χ2v) is 7.06. The van der Waals surface area contributed by atoms with E-state index in [4.69, 9.17) is 0 Å². The molecule has 0 saturated heterocycles. The van der Waals surface area contributed by atoms with Gasteiger partial charge in [-0.1, -0.05) is 46.0 Å². The Morgan fingerprint density at radius 3 is 2.47 bits per heavy atom. The van der Waals surface area contributed by atoms with E-state index in [0.29, 0.717) is 5.41 Å². The second-order valence-electron chi connectivity index (χ2n) is 7.06. The van der Waals surface area contributed by atoms with Crippen LogP contribution in [0.25, 0.3) is 0 Å². The molecule has 2 rings (SSSR count). The first kappa shape index (κ1) is 13.4. The highest BCUT2D eigenvalue weighted by Gasteiger charge is 2.27. The third-order valence-electron chi connectivity index (χ3n) is 5.14. The van der Waals surface area contributed by atoms with E-state index in [0.717, 1.165) is 12.0 Å². The van der Waals surface area contributed by atoms with Gasteiger partial charge in [0.2, 0.25) is 0 Å². The minimum Gasteiger partial charge on any atom is -0.313 e. The standard InChI is InChI=1S/C16H31N/c1-14-7-6-8-15(10-9-14)17-13-16(2)11-4-3-5-12-16/h14-15,17H,3-13H2,1-2H3. The second kappa shape index (κ2) is 6.22. The summed E-state index contributed by atoms with van der Waals surface area (Å²) in [5.74, 6) is 0.965. The molecule has 0 heterocycles. The van der Waals surface area contributed by atoms with Crippen LogP contribution in [0.3, 0.4) is 0 Å². The molecule has 0 aromatic heterocycles.